The summed E-state index contributed by atoms with van der Waals surface area (Å²) in [5.74, 6) is -0.0427. The Labute approximate surface area is 160 Å². The maximum atomic E-state index is 12.2. The van der Waals surface area contributed by atoms with Crippen LogP contribution >= 0.6 is 34.8 Å². The van der Waals surface area contributed by atoms with Gasteiger partial charge >= 0.3 is 58.4 Å². The first kappa shape index (κ1) is 19.1. The SMILES string of the molecule is C=C(COc1c(Cl)cc(Cl)cc1Cl)[B-](F)(F)F.[K+]. The van der Waals surface area contributed by atoms with Crippen molar-refractivity contribution in [3.05, 3.63) is 39.3 Å². The van der Waals surface area contributed by atoms with Crippen molar-refractivity contribution in [2.75, 3.05) is 6.61 Å². The average Bonchev–Trinajstić information content (AvgIpc) is 2.13. The molecular weight excluding hydrogens is 337 g/mol. The van der Waals surface area contributed by atoms with Gasteiger partial charge in [0.05, 0.1) is 16.7 Å². The third kappa shape index (κ3) is 5.63. The van der Waals surface area contributed by atoms with Crippen LogP contribution in [0.4, 0.5) is 12.9 Å². The Bertz CT molecular complexity index is 430. The summed E-state index contributed by atoms with van der Waals surface area (Å²) in [7, 11) is 0. The molecule has 0 unspecified atom stereocenters. The minimum atomic E-state index is -5.13. The van der Waals surface area contributed by atoms with Crippen molar-refractivity contribution >= 4 is 41.8 Å². The van der Waals surface area contributed by atoms with Gasteiger partial charge in [0.15, 0.2) is 5.75 Å². The molecule has 1 rings (SSSR count). The number of halogens is 6. The molecule has 0 bridgehead atoms. The van der Waals surface area contributed by atoms with Gasteiger partial charge in [-0.05, 0) is 12.1 Å². The van der Waals surface area contributed by atoms with E-state index in [0.29, 0.717) is 0 Å². The predicted molar refractivity (Wildman–Crippen MR) is 65.2 cm³/mol. The fourth-order valence-electron chi connectivity index (χ4n) is 0.926. The molecule has 0 aliphatic carbocycles. The van der Waals surface area contributed by atoms with Crippen molar-refractivity contribution in [1.82, 2.24) is 0 Å². The minimum absolute atomic E-state index is 0. The molecule has 1 aromatic rings. The molecule has 18 heavy (non-hydrogen) atoms. The summed E-state index contributed by atoms with van der Waals surface area (Å²) in [6.45, 7) is -2.97. The first-order chi connectivity index (χ1) is 7.71. The number of benzene rings is 1. The zero-order valence-corrected chi connectivity index (χ0v) is 14.7. The van der Waals surface area contributed by atoms with Crippen LogP contribution in [0, 0.1) is 0 Å². The Morgan fingerprint density at radius 1 is 1.17 bits per heavy atom. The van der Waals surface area contributed by atoms with Crippen molar-refractivity contribution in [2.45, 2.75) is 0 Å². The number of hydrogen-bond acceptors (Lipinski definition) is 1. The molecule has 94 valence electrons. The topological polar surface area (TPSA) is 9.23 Å². The maximum Gasteiger partial charge on any atom is 1.00 e. The number of ether oxygens (including phenoxy) is 1. The molecule has 0 spiro atoms. The third-order valence-corrected chi connectivity index (χ3v) is 2.61. The molecule has 0 atom stereocenters. The zero-order chi connectivity index (χ0) is 13.2. The molecule has 1 nitrogen and oxygen atoms in total. The van der Waals surface area contributed by atoms with Gasteiger partial charge in [0.1, 0.15) is 0 Å². The van der Waals surface area contributed by atoms with Crippen LogP contribution in [-0.4, -0.2) is 13.6 Å². The van der Waals surface area contributed by atoms with E-state index in [9.17, 15) is 12.9 Å². The van der Waals surface area contributed by atoms with Gasteiger partial charge in [0, 0.05) is 5.02 Å². The third-order valence-electron chi connectivity index (χ3n) is 1.83. The first-order valence-electron chi connectivity index (χ1n) is 4.36. The molecule has 0 saturated carbocycles. The van der Waals surface area contributed by atoms with Crippen LogP contribution < -0.4 is 56.1 Å². The van der Waals surface area contributed by atoms with Crippen LogP contribution in [-0.2, 0) is 0 Å². The van der Waals surface area contributed by atoms with Crippen LogP contribution in [0.2, 0.25) is 15.1 Å². The molecule has 0 radical (unpaired) electrons. The largest absolute Gasteiger partial charge is 1.00 e. The molecular formula is C9H6BCl3F3KO. The second-order valence-electron chi connectivity index (χ2n) is 3.22. The van der Waals surface area contributed by atoms with Crippen LogP contribution in [0.3, 0.4) is 0 Å². The second kappa shape index (κ2) is 7.79. The predicted octanol–water partition coefficient (Wildman–Crippen LogP) is 1.97. The molecule has 0 aromatic heterocycles. The minimum Gasteiger partial charge on any atom is -0.489 e. The van der Waals surface area contributed by atoms with Crippen molar-refractivity contribution in [2.24, 2.45) is 0 Å². The Hall–Kier alpha value is 1.12. The van der Waals surface area contributed by atoms with E-state index >= 15 is 0 Å². The van der Waals surface area contributed by atoms with Gasteiger partial charge in [0.2, 0.25) is 0 Å². The van der Waals surface area contributed by atoms with Crippen molar-refractivity contribution < 1.29 is 69.1 Å². The summed E-state index contributed by atoms with van der Waals surface area (Å²) in [5, 5.41) is 0.362. The summed E-state index contributed by atoms with van der Waals surface area (Å²) in [4.78, 5) is 0. The van der Waals surface area contributed by atoms with E-state index in [2.05, 4.69) is 6.58 Å². The molecule has 0 aliphatic heterocycles. The Balaban J connectivity index is 0.00000289. The molecule has 0 N–H and O–H groups in total. The van der Waals surface area contributed by atoms with Gasteiger partial charge in [-0.1, -0.05) is 34.8 Å². The van der Waals surface area contributed by atoms with Gasteiger partial charge < -0.3 is 17.7 Å². The van der Waals surface area contributed by atoms with E-state index in [1.807, 2.05) is 0 Å². The summed E-state index contributed by atoms with van der Waals surface area (Å²) in [5.41, 5.74) is -0.966. The Morgan fingerprint density at radius 2 is 1.61 bits per heavy atom. The molecule has 0 saturated heterocycles. The summed E-state index contributed by atoms with van der Waals surface area (Å²) in [6, 6.07) is 2.65. The quantitative estimate of drug-likeness (QED) is 0.760. The van der Waals surface area contributed by atoms with Crippen molar-refractivity contribution in [3.8, 4) is 5.75 Å². The first-order valence-corrected chi connectivity index (χ1v) is 5.50. The second-order valence-corrected chi connectivity index (χ2v) is 4.47. The molecule has 0 fully saturated rings. The van der Waals surface area contributed by atoms with Crippen LogP contribution in [0.1, 0.15) is 0 Å². The van der Waals surface area contributed by atoms with Gasteiger partial charge in [0.25, 0.3) is 0 Å². The summed E-state index contributed by atoms with van der Waals surface area (Å²) >= 11 is 17.1. The van der Waals surface area contributed by atoms with E-state index in [1.165, 1.54) is 12.1 Å². The summed E-state index contributed by atoms with van der Waals surface area (Å²) in [6.07, 6.45) is 0. The van der Waals surface area contributed by atoms with Crippen molar-refractivity contribution in [1.29, 1.82) is 0 Å². The molecule has 0 amide bonds. The standard InChI is InChI=1S/C9H6BCl3F3O.K/c1-5(10(14,15)16)4-17-9-7(12)2-6(11)3-8(9)13;/h2-3H,1,4H2;/q-1;+1. The smallest absolute Gasteiger partial charge is 0.489 e. The fourth-order valence-corrected chi connectivity index (χ4v) is 1.85. The number of rotatable bonds is 4. The summed E-state index contributed by atoms with van der Waals surface area (Å²) < 4.78 is 41.5. The monoisotopic (exact) mass is 342 g/mol. The normalized spacial score (nSPS) is 10.8. The van der Waals surface area contributed by atoms with Gasteiger partial charge in [-0.25, -0.2) is 0 Å². The molecule has 1 aromatic carbocycles. The van der Waals surface area contributed by atoms with Crippen LogP contribution in [0.25, 0.3) is 0 Å². The molecule has 0 aliphatic rings. The van der Waals surface area contributed by atoms with Gasteiger partial charge in [-0.3, -0.25) is 0 Å². The fraction of sp³-hybridized carbons (Fsp3) is 0.111. The van der Waals surface area contributed by atoms with Crippen molar-refractivity contribution in [3.63, 3.8) is 0 Å². The van der Waals surface area contributed by atoms with E-state index in [-0.39, 0.29) is 72.2 Å². The number of hydrogen-bond donors (Lipinski definition) is 0. The van der Waals surface area contributed by atoms with E-state index in [1.54, 1.807) is 0 Å². The average molecular weight is 343 g/mol. The van der Waals surface area contributed by atoms with E-state index < -0.39 is 19.1 Å². The zero-order valence-electron chi connectivity index (χ0n) is 9.32. The molecule has 9 heteroatoms. The van der Waals surface area contributed by atoms with Gasteiger partial charge in [-0.15, -0.1) is 12.1 Å². The van der Waals surface area contributed by atoms with Crippen LogP contribution in [0.5, 0.6) is 5.75 Å². The Morgan fingerprint density at radius 3 is 2.00 bits per heavy atom. The molecule has 0 heterocycles. The Kier molecular flexibility index (Phi) is 8.27. The van der Waals surface area contributed by atoms with E-state index in [4.69, 9.17) is 39.5 Å². The maximum absolute atomic E-state index is 12.2. The van der Waals surface area contributed by atoms with E-state index in [0.717, 1.165) is 0 Å². The van der Waals surface area contributed by atoms with Crippen LogP contribution in [0.15, 0.2) is 24.2 Å². The van der Waals surface area contributed by atoms with Gasteiger partial charge in [-0.2, -0.15) is 0 Å².